The van der Waals surface area contributed by atoms with E-state index >= 15 is 0 Å². The lowest BCUT2D eigenvalue weighted by Gasteiger charge is -2.16. The highest BCUT2D eigenvalue weighted by Gasteiger charge is 2.32. The molecule has 0 saturated carbocycles. The molecule has 0 saturated heterocycles. The molecule has 0 atom stereocenters. The molecule has 4 aromatic rings. The summed E-state index contributed by atoms with van der Waals surface area (Å²) in [5, 5.41) is 5.00. The van der Waals surface area contributed by atoms with Gasteiger partial charge in [0.1, 0.15) is 4.90 Å². The molecule has 0 spiro atoms. The van der Waals surface area contributed by atoms with Crippen molar-refractivity contribution in [2.45, 2.75) is 18.7 Å². The van der Waals surface area contributed by atoms with Crippen LogP contribution in [0.4, 0.5) is 11.4 Å². The van der Waals surface area contributed by atoms with Gasteiger partial charge < -0.3 is 14.4 Å². The van der Waals surface area contributed by atoms with E-state index in [9.17, 15) is 18.0 Å². The number of hydrogen-bond acceptors (Lipinski definition) is 5. The lowest BCUT2D eigenvalue weighted by Crippen LogP contribution is -2.25. The minimum Gasteiger partial charge on any atom is -0.378 e. The summed E-state index contributed by atoms with van der Waals surface area (Å²) < 4.78 is 32.4. The molecular formula is C25H20N2O5S. The SMILES string of the molecule is CCN1C(=O)c2cccc3c(S(=O)(=O)Oc4ccc(NC(C)=O)c5ccccc45)ccc1c23. The maximum Gasteiger partial charge on any atom is 0.339 e. The van der Waals surface area contributed by atoms with Crippen molar-refractivity contribution >= 4 is 54.9 Å². The minimum atomic E-state index is -4.23. The average Bonchev–Trinajstić information content (AvgIpc) is 3.07. The molecule has 0 unspecified atom stereocenters. The van der Waals surface area contributed by atoms with Crippen LogP contribution in [0.3, 0.4) is 0 Å². The lowest BCUT2D eigenvalue weighted by molar-refractivity contribution is -0.114. The molecule has 33 heavy (non-hydrogen) atoms. The molecule has 8 heteroatoms. The first-order valence-corrected chi connectivity index (χ1v) is 11.8. The van der Waals surface area contributed by atoms with E-state index in [4.69, 9.17) is 4.18 Å². The molecule has 0 bridgehead atoms. The van der Waals surface area contributed by atoms with Gasteiger partial charge in [0.25, 0.3) is 5.91 Å². The molecule has 1 aliphatic heterocycles. The lowest BCUT2D eigenvalue weighted by atomic mass is 10.1. The fourth-order valence-corrected chi connectivity index (χ4v) is 5.50. The molecule has 1 aliphatic rings. The fraction of sp³-hybridized carbons (Fsp3) is 0.120. The number of rotatable bonds is 5. The standard InChI is InChI=1S/C25H20N2O5S/c1-3-27-21-12-14-23(18-9-6-10-19(24(18)21)25(27)29)33(30,31)32-22-13-11-20(26-15(2)28)16-7-4-5-8-17(16)22/h4-14H,3H2,1-2H3,(H,26,28). The summed E-state index contributed by atoms with van der Waals surface area (Å²) in [5.74, 6) is -0.229. The van der Waals surface area contributed by atoms with Crippen LogP contribution < -0.4 is 14.4 Å². The fourth-order valence-electron chi connectivity index (χ4n) is 4.36. The zero-order valence-corrected chi connectivity index (χ0v) is 18.8. The van der Waals surface area contributed by atoms with Crippen molar-refractivity contribution in [2.75, 3.05) is 16.8 Å². The van der Waals surface area contributed by atoms with Gasteiger partial charge in [-0.2, -0.15) is 8.42 Å². The number of amides is 2. The Labute approximate surface area is 190 Å². The topological polar surface area (TPSA) is 92.8 Å². The third kappa shape index (κ3) is 3.30. The van der Waals surface area contributed by atoms with E-state index in [0.717, 1.165) is 0 Å². The number of fused-ring (bicyclic) bond motifs is 1. The van der Waals surface area contributed by atoms with Crippen LogP contribution in [0.5, 0.6) is 5.75 Å². The molecule has 4 aromatic carbocycles. The number of anilines is 2. The summed E-state index contributed by atoms with van der Waals surface area (Å²) in [6.45, 7) is 3.76. The summed E-state index contributed by atoms with van der Waals surface area (Å²) in [7, 11) is -4.23. The predicted octanol–water partition coefficient (Wildman–Crippen LogP) is 4.70. The van der Waals surface area contributed by atoms with Crippen LogP contribution in [0.15, 0.2) is 71.6 Å². The average molecular weight is 461 g/mol. The maximum atomic E-state index is 13.4. The highest BCUT2D eigenvalue weighted by molar-refractivity contribution is 7.87. The summed E-state index contributed by atoms with van der Waals surface area (Å²) in [4.78, 5) is 25.9. The van der Waals surface area contributed by atoms with Gasteiger partial charge in [0.2, 0.25) is 5.91 Å². The molecule has 1 N–H and O–H groups in total. The molecular weight excluding hydrogens is 440 g/mol. The second kappa shape index (κ2) is 7.60. The van der Waals surface area contributed by atoms with Crippen molar-refractivity contribution in [3.63, 3.8) is 0 Å². The zero-order chi connectivity index (χ0) is 23.3. The molecule has 0 aliphatic carbocycles. The van der Waals surface area contributed by atoms with Gasteiger partial charge in [-0.3, -0.25) is 9.59 Å². The number of carbonyl (C=O) groups excluding carboxylic acids is 2. The third-order valence-corrected chi connectivity index (χ3v) is 7.02. The molecule has 166 valence electrons. The first-order valence-electron chi connectivity index (χ1n) is 10.4. The van der Waals surface area contributed by atoms with E-state index in [1.807, 2.05) is 6.92 Å². The van der Waals surface area contributed by atoms with Gasteiger partial charge in [-0.1, -0.05) is 36.4 Å². The number of carbonyl (C=O) groups is 2. The van der Waals surface area contributed by atoms with Crippen LogP contribution in [-0.4, -0.2) is 26.8 Å². The van der Waals surface area contributed by atoms with Gasteiger partial charge in [-0.25, -0.2) is 0 Å². The van der Waals surface area contributed by atoms with Crippen molar-refractivity contribution in [1.82, 2.24) is 0 Å². The Morgan fingerprint density at radius 1 is 0.939 bits per heavy atom. The molecule has 0 aromatic heterocycles. The quantitative estimate of drug-likeness (QED) is 0.436. The van der Waals surface area contributed by atoms with Crippen molar-refractivity contribution < 1.29 is 22.2 Å². The first-order chi connectivity index (χ1) is 15.8. The molecule has 5 rings (SSSR count). The van der Waals surface area contributed by atoms with E-state index in [0.29, 0.717) is 45.0 Å². The zero-order valence-electron chi connectivity index (χ0n) is 18.0. The van der Waals surface area contributed by atoms with Gasteiger partial charge in [-0.15, -0.1) is 0 Å². The Kier molecular flexibility index (Phi) is 4.83. The smallest absolute Gasteiger partial charge is 0.339 e. The Bertz CT molecular complexity index is 1580. The van der Waals surface area contributed by atoms with Crippen molar-refractivity contribution in [3.8, 4) is 5.75 Å². The Morgan fingerprint density at radius 3 is 2.39 bits per heavy atom. The van der Waals surface area contributed by atoms with Crippen molar-refractivity contribution in [2.24, 2.45) is 0 Å². The third-order valence-electron chi connectivity index (χ3n) is 5.72. The molecule has 0 radical (unpaired) electrons. The second-order valence-corrected chi connectivity index (χ2v) is 9.25. The number of hydrogen-bond donors (Lipinski definition) is 1. The predicted molar refractivity (Wildman–Crippen MR) is 127 cm³/mol. The van der Waals surface area contributed by atoms with Gasteiger partial charge in [0.15, 0.2) is 5.75 Å². The summed E-state index contributed by atoms with van der Waals surface area (Å²) in [5.41, 5.74) is 1.73. The number of nitrogens with zero attached hydrogens (tertiary/aromatic N) is 1. The normalized spacial score (nSPS) is 13.0. The molecule has 7 nitrogen and oxygen atoms in total. The molecule has 2 amide bonds. The summed E-state index contributed by atoms with van der Waals surface area (Å²) in [6, 6.07) is 18.4. The van der Waals surface area contributed by atoms with Crippen LogP contribution in [0, 0.1) is 0 Å². The number of nitrogens with one attached hydrogen (secondary N) is 1. The molecule has 0 fully saturated rings. The highest BCUT2D eigenvalue weighted by Crippen LogP contribution is 2.41. The number of benzene rings is 4. The van der Waals surface area contributed by atoms with Gasteiger partial charge in [-0.05, 0) is 37.3 Å². The second-order valence-electron chi connectivity index (χ2n) is 7.74. The Hall–Kier alpha value is -3.91. The van der Waals surface area contributed by atoms with Crippen LogP contribution in [-0.2, 0) is 14.9 Å². The van der Waals surface area contributed by atoms with Crippen molar-refractivity contribution in [3.05, 3.63) is 72.3 Å². The van der Waals surface area contributed by atoms with Crippen LogP contribution >= 0.6 is 0 Å². The maximum absolute atomic E-state index is 13.4. The Morgan fingerprint density at radius 2 is 1.67 bits per heavy atom. The monoisotopic (exact) mass is 460 g/mol. The first kappa shape index (κ1) is 21.0. The van der Waals surface area contributed by atoms with E-state index < -0.39 is 10.1 Å². The van der Waals surface area contributed by atoms with Crippen LogP contribution in [0.1, 0.15) is 24.2 Å². The van der Waals surface area contributed by atoms with E-state index in [1.165, 1.54) is 19.1 Å². The van der Waals surface area contributed by atoms with E-state index in [1.54, 1.807) is 59.5 Å². The Balaban J connectivity index is 1.64. The van der Waals surface area contributed by atoms with Crippen molar-refractivity contribution in [1.29, 1.82) is 0 Å². The summed E-state index contributed by atoms with van der Waals surface area (Å²) >= 11 is 0. The van der Waals surface area contributed by atoms with Crippen LogP contribution in [0.2, 0.25) is 0 Å². The van der Waals surface area contributed by atoms with Crippen LogP contribution in [0.25, 0.3) is 21.5 Å². The van der Waals surface area contributed by atoms with Gasteiger partial charge in [0.05, 0.1) is 5.69 Å². The highest BCUT2D eigenvalue weighted by atomic mass is 32.2. The largest absolute Gasteiger partial charge is 0.378 e. The van der Waals surface area contributed by atoms with E-state index in [2.05, 4.69) is 5.32 Å². The summed E-state index contributed by atoms with van der Waals surface area (Å²) in [6.07, 6.45) is 0. The van der Waals surface area contributed by atoms with Gasteiger partial charge >= 0.3 is 10.1 Å². The van der Waals surface area contributed by atoms with E-state index in [-0.39, 0.29) is 22.5 Å². The minimum absolute atomic E-state index is 0.0103. The molecule has 1 heterocycles. The van der Waals surface area contributed by atoms with Gasteiger partial charge in [0, 0.05) is 46.3 Å².